The van der Waals surface area contributed by atoms with Gasteiger partial charge in [-0.3, -0.25) is 0 Å². The molecule has 0 saturated carbocycles. The highest BCUT2D eigenvalue weighted by Crippen LogP contribution is 2.32. The lowest BCUT2D eigenvalue weighted by Gasteiger charge is -2.14. The molecule has 24 heavy (non-hydrogen) atoms. The maximum absolute atomic E-state index is 9.59. The fourth-order valence-corrected chi connectivity index (χ4v) is 3.42. The number of nitriles is 1. The molecule has 5 heteroatoms. The van der Waals surface area contributed by atoms with Crippen LogP contribution in [0.3, 0.4) is 0 Å². The second kappa shape index (κ2) is 7.57. The first kappa shape index (κ1) is 16.6. The van der Waals surface area contributed by atoms with Crippen LogP contribution < -0.4 is 5.32 Å². The van der Waals surface area contributed by atoms with E-state index in [1.54, 1.807) is 0 Å². The van der Waals surface area contributed by atoms with Gasteiger partial charge >= 0.3 is 0 Å². The van der Waals surface area contributed by atoms with E-state index in [1.165, 1.54) is 11.8 Å². The Morgan fingerprint density at radius 3 is 2.67 bits per heavy atom. The van der Waals surface area contributed by atoms with Crippen molar-refractivity contribution in [3.05, 3.63) is 64.7 Å². The zero-order valence-corrected chi connectivity index (χ0v) is 14.8. The van der Waals surface area contributed by atoms with Crippen molar-refractivity contribution >= 4 is 40.0 Å². The van der Waals surface area contributed by atoms with Gasteiger partial charge < -0.3 is 5.32 Å². The molecule has 0 unspecified atom stereocenters. The fraction of sp³-hybridized carbons (Fsp3) is 0.158. The van der Waals surface area contributed by atoms with E-state index in [2.05, 4.69) is 16.4 Å². The normalized spacial score (nSPS) is 10.5. The third kappa shape index (κ3) is 3.33. The van der Waals surface area contributed by atoms with E-state index in [0.29, 0.717) is 12.1 Å². The van der Waals surface area contributed by atoms with Crippen molar-refractivity contribution in [3.8, 4) is 6.07 Å². The number of nitrogens with one attached hydrogen (secondary N) is 1. The lowest BCUT2D eigenvalue weighted by molar-refractivity contribution is 1.02. The van der Waals surface area contributed by atoms with E-state index < -0.39 is 0 Å². The van der Waals surface area contributed by atoms with Gasteiger partial charge in [-0.1, -0.05) is 48.0 Å². The number of para-hydroxylation sites is 1. The average molecular weight is 354 g/mol. The van der Waals surface area contributed by atoms with E-state index in [9.17, 15) is 5.26 Å². The van der Waals surface area contributed by atoms with E-state index >= 15 is 0 Å². The molecule has 0 radical (unpaired) electrons. The van der Waals surface area contributed by atoms with E-state index in [-0.39, 0.29) is 0 Å². The molecule has 0 fully saturated rings. The highest BCUT2D eigenvalue weighted by atomic mass is 35.5. The molecule has 0 aliphatic rings. The van der Waals surface area contributed by atoms with Crippen LogP contribution in [-0.4, -0.2) is 17.8 Å². The van der Waals surface area contributed by atoms with E-state index in [4.69, 9.17) is 11.6 Å². The van der Waals surface area contributed by atoms with Crippen LogP contribution in [0.2, 0.25) is 5.02 Å². The minimum absolute atomic E-state index is 0.598. The monoisotopic (exact) mass is 353 g/mol. The van der Waals surface area contributed by atoms with Gasteiger partial charge in [-0.05, 0) is 30.4 Å². The molecule has 0 saturated heterocycles. The number of fused-ring (bicyclic) bond motifs is 1. The number of hydrogen-bond acceptors (Lipinski definition) is 4. The van der Waals surface area contributed by atoms with E-state index in [0.717, 1.165) is 38.6 Å². The first-order chi connectivity index (χ1) is 11.7. The number of nitrogens with zero attached hydrogens (tertiary/aromatic N) is 2. The van der Waals surface area contributed by atoms with Crippen LogP contribution in [0.4, 0.5) is 5.69 Å². The van der Waals surface area contributed by atoms with Gasteiger partial charge in [0, 0.05) is 17.0 Å². The summed E-state index contributed by atoms with van der Waals surface area (Å²) in [6.07, 6.45) is 2.72. The summed E-state index contributed by atoms with van der Waals surface area (Å²) in [7, 11) is 0. The average Bonchev–Trinajstić information content (AvgIpc) is 2.62. The van der Waals surface area contributed by atoms with E-state index in [1.807, 2.05) is 54.8 Å². The Balaban J connectivity index is 1.93. The molecule has 3 aromatic rings. The Bertz CT molecular complexity index is 918. The summed E-state index contributed by atoms with van der Waals surface area (Å²) in [6, 6.07) is 18.0. The number of aromatic nitrogens is 1. The van der Waals surface area contributed by atoms with Crippen LogP contribution in [0.5, 0.6) is 0 Å². The minimum atomic E-state index is 0.598. The van der Waals surface area contributed by atoms with Gasteiger partial charge in [-0.25, -0.2) is 4.98 Å². The largest absolute Gasteiger partial charge is 0.383 e. The van der Waals surface area contributed by atoms with Gasteiger partial charge in [0.25, 0.3) is 0 Å². The highest BCUT2D eigenvalue weighted by molar-refractivity contribution is 7.98. The molecule has 120 valence electrons. The summed E-state index contributed by atoms with van der Waals surface area (Å²) in [5.74, 6) is 0. The Morgan fingerprint density at radius 1 is 1.17 bits per heavy atom. The van der Waals surface area contributed by atoms with Crippen LogP contribution in [0.15, 0.2) is 53.6 Å². The maximum Gasteiger partial charge on any atom is 0.116 e. The van der Waals surface area contributed by atoms with Crippen LogP contribution in [-0.2, 0) is 6.42 Å². The molecule has 1 N–H and O–H groups in total. The van der Waals surface area contributed by atoms with Gasteiger partial charge in [0.1, 0.15) is 16.7 Å². The topological polar surface area (TPSA) is 48.7 Å². The van der Waals surface area contributed by atoms with Crippen molar-refractivity contribution in [1.29, 1.82) is 5.26 Å². The first-order valence-electron chi connectivity index (χ1n) is 7.58. The van der Waals surface area contributed by atoms with Gasteiger partial charge in [0.05, 0.1) is 11.2 Å². The van der Waals surface area contributed by atoms with Crippen LogP contribution in [0.25, 0.3) is 10.9 Å². The number of halogens is 1. The Morgan fingerprint density at radius 2 is 1.92 bits per heavy atom. The second-order valence-electron chi connectivity index (χ2n) is 5.27. The van der Waals surface area contributed by atoms with Gasteiger partial charge in [0.15, 0.2) is 0 Å². The van der Waals surface area contributed by atoms with Gasteiger partial charge in [-0.15, -0.1) is 11.8 Å². The number of hydrogen-bond donors (Lipinski definition) is 1. The molecule has 2 aromatic carbocycles. The molecular formula is C19H16ClN3S. The third-order valence-electron chi connectivity index (χ3n) is 3.82. The molecule has 0 atom stereocenters. The van der Waals surface area contributed by atoms with Crippen LogP contribution in [0, 0.1) is 11.3 Å². The maximum atomic E-state index is 9.59. The molecule has 0 amide bonds. The number of thioether (sulfide) groups is 1. The predicted molar refractivity (Wildman–Crippen MR) is 102 cm³/mol. The molecule has 3 rings (SSSR count). The quantitative estimate of drug-likeness (QED) is 0.645. The lowest BCUT2D eigenvalue weighted by atomic mass is 10.1. The van der Waals surface area contributed by atoms with Crippen molar-refractivity contribution in [2.24, 2.45) is 0 Å². The predicted octanol–water partition coefficient (Wildman–Crippen LogP) is 5.14. The zero-order valence-electron chi connectivity index (χ0n) is 13.2. The molecule has 0 aliphatic carbocycles. The van der Waals surface area contributed by atoms with Crippen molar-refractivity contribution in [2.45, 2.75) is 11.4 Å². The summed E-state index contributed by atoms with van der Waals surface area (Å²) >= 11 is 7.70. The molecule has 0 bridgehead atoms. The smallest absolute Gasteiger partial charge is 0.116 e. The minimum Gasteiger partial charge on any atom is -0.383 e. The van der Waals surface area contributed by atoms with Crippen molar-refractivity contribution in [2.75, 3.05) is 18.1 Å². The SMILES string of the molecule is CSc1nc2ccccc2c(NCCc2ccccc2Cl)c1C#N. The Hall–Kier alpha value is -2.22. The number of rotatable bonds is 5. The van der Waals surface area contributed by atoms with Crippen molar-refractivity contribution in [3.63, 3.8) is 0 Å². The second-order valence-corrected chi connectivity index (χ2v) is 6.47. The summed E-state index contributed by atoms with van der Waals surface area (Å²) in [5, 5.41) is 15.5. The number of benzene rings is 2. The lowest BCUT2D eigenvalue weighted by Crippen LogP contribution is -2.08. The van der Waals surface area contributed by atoms with Crippen molar-refractivity contribution < 1.29 is 0 Å². The summed E-state index contributed by atoms with van der Waals surface area (Å²) < 4.78 is 0. The van der Waals surface area contributed by atoms with Gasteiger partial charge in [-0.2, -0.15) is 5.26 Å². The Kier molecular flexibility index (Phi) is 5.24. The molecule has 0 spiro atoms. The molecular weight excluding hydrogens is 338 g/mol. The summed E-state index contributed by atoms with van der Waals surface area (Å²) in [6.45, 7) is 0.695. The molecule has 0 aliphatic heterocycles. The third-order valence-corrected chi connectivity index (χ3v) is 4.87. The Labute approximate surface area is 150 Å². The standard InChI is InChI=1S/C19H16ClN3S/c1-24-19-15(12-21)18(14-7-3-5-9-17(14)23-19)22-11-10-13-6-2-4-8-16(13)20/h2-9H,10-11H2,1H3,(H,22,23). The number of anilines is 1. The van der Waals surface area contributed by atoms with Crippen LogP contribution >= 0.6 is 23.4 Å². The zero-order chi connectivity index (χ0) is 16.9. The molecule has 1 aromatic heterocycles. The molecule has 3 nitrogen and oxygen atoms in total. The fourth-order valence-electron chi connectivity index (χ4n) is 2.65. The summed E-state index contributed by atoms with van der Waals surface area (Å²) in [5.41, 5.74) is 3.43. The van der Waals surface area contributed by atoms with Crippen LogP contribution in [0.1, 0.15) is 11.1 Å². The first-order valence-corrected chi connectivity index (χ1v) is 9.19. The summed E-state index contributed by atoms with van der Waals surface area (Å²) in [4.78, 5) is 4.58. The number of pyridine rings is 1. The highest BCUT2D eigenvalue weighted by Gasteiger charge is 2.14. The van der Waals surface area contributed by atoms with Crippen molar-refractivity contribution in [1.82, 2.24) is 4.98 Å². The van der Waals surface area contributed by atoms with Gasteiger partial charge in [0.2, 0.25) is 0 Å². The molecule has 1 heterocycles.